The van der Waals surface area contributed by atoms with Gasteiger partial charge in [-0.25, -0.2) is 4.98 Å². The van der Waals surface area contributed by atoms with Crippen LogP contribution in [-0.2, 0) is 4.79 Å². The van der Waals surface area contributed by atoms with E-state index >= 15 is 0 Å². The summed E-state index contributed by atoms with van der Waals surface area (Å²) in [4.78, 5) is 28.5. The molecule has 1 aromatic heterocycles. The third kappa shape index (κ3) is 4.33. The summed E-state index contributed by atoms with van der Waals surface area (Å²) in [6.07, 6.45) is 0. The van der Waals surface area contributed by atoms with E-state index < -0.39 is 0 Å². The number of para-hydroxylation sites is 2. The van der Waals surface area contributed by atoms with Gasteiger partial charge in [0.25, 0.3) is 5.91 Å². The first-order chi connectivity index (χ1) is 14.1. The van der Waals surface area contributed by atoms with Gasteiger partial charge in [-0.15, -0.1) is 11.3 Å². The minimum Gasteiger partial charge on any atom is -0.483 e. The number of aromatic nitrogens is 1. The Bertz CT molecular complexity index is 1170. The predicted molar refractivity (Wildman–Crippen MR) is 116 cm³/mol. The van der Waals surface area contributed by atoms with E-state index in [0.717, 1.165) is 20.8 Å². The van der Waals surface area contributed by atoms with Gasteiger partial charge in [0.2, 0.25) is 0 Å². The van der Waals surface area contributed by atoms with E-state index in [9.17, 15) is 9.59 Å². The van der Waals surface area contributed by atoms with Crippen molar-refractivity contribution in [3.05, 3.63) is 78.4 Å². The number of nitrogens with one attached hydrogen (secondary N) is 1. The third-order valence-corrected chi connectivity index (χ3v) is 5.39. The van der Waals surface area contributed by atoms with Crippen LogP contribution < -0.4 is 10.1 Å². The van der Waals surface area contributed by atoms with Crippen molar-refractivity contribution in [2.45, 2.75) is 6.92 Å². The third-order valence-electron chi connectivity index (χ3n) is 4.32. The fraction of sp³-hybridized carbons (Fsp3) is 0.0870. The molecule has 1 N–H and O–H groups in total. The van der Waals surface area contributed by atoms with Gasteiger partial charge in [0, 0.05) is 11.3 Å². The Hall–Kier alpha value is -3.51. The molecule has 0 atom stereocenters. The molecule has 0 aliphatic rings. The second-order valence-electron chi connectivity index (χ2n) is 6.46. The lowest BCUT2D eigenvalue weighted by molar-refractivity contribution is -0.118. The van der Waals surface area contributed by atoms with E-state index in [4.69, 9.17) is 4.74 Å². The van der Waals surface area contributed by atoms with Crippen LogP contribution in [0.1, 0.15) is 17.3 Å². The van der Waals surface area contributed by atoms with Crippen molar-refractivity contribution in [2.24, 2.45) is 0 Å². The van der Waals surface area contributed by atoms with Gasteiger partial charge in [0.05, 0.1) is 15.8 Å². The van der Waals surface area contributed by atoms with Crippen LogP contribution in [0.3, 0.4) is 0 Å². The largest absolute Gasteiger partial charge is 0.483 e. The van der Waals surface area contributed by atoms with Gasteiger partial charge in [-0.05, 0) is 43.3 Å². The normalized spacial score (nSPS) is 10.7. The van der Waals surface area contributed by atoms with Crippen LogP contribution in [0.2, 0.25) is 0 Å². The van der Waals surface area contributed by atoms with E-state index in [-0.39, 0.29) is 18.3 Å². The topological polar surface area (TPSA) is 68.3 Å². The molecule has 0 unspecified atom stereocenters. The lowest BCUT2D eigenvalue weighted by Gasteiger charge is -2.10. The van der Waals surface area contributed by atoms with Crippen molar-refractivity contribution in [3.63, 3.8) is 0 Å². The molecule has 0 aliphatic carbocycles. The van der Waals surface area contributed by atoms with Gasteiger partial charge in [-0.3, -0.25) is 9.59 Å². The molecule has 144 valence electrons. The Morgan fingerprint density at radius 3 is 2.62 bits per heavy atom. The molecule has 5 nitrogen and oxygen atoms in total. The number of ether oxygens (including phenoxy) is 1. The summed E-state index contributed by atoms with van der Waals surface area (Å²) in [6.45, 7) is 1.34. The highest BCUT2D eigenvalue weighted by Gasteiger charge is 2.13. The number of hydrogen-bond acceptors (Lipinski definition) is 5. The van der Waals surface area contributed by atoms with Gasteiger partial charge in [0.15, 0.2) is 12.4 Å². The zero-order chi connectivity index (χ0) is 20.2. The van der Waals surface area contributed by atoms with Crippen molar-refractivity contribution in [1.82, 2.24) is 4.98 Å². The molecular weight excluding hydrogens is 384 g/mol. The van der Waals surface area contributed by atoms with Crippen LogP contribution >= 0.6 is 11.3 Å². The molecule has 1 amide bonds. The van der Waals surface area contributed by atoms with E-state index in [0.29, 0.717) is 17.0 Å². The number of hydrogen-bond donors (Lipinski definition) is 1. The Kier molecular flexibility index (Phi) is 5.35. The van der Waals surface area contributed by atoms with Crippen LogP contribution in [0.5, 0.6) is 5.75 Å². The van der Waals surface area contributed by atoms with Gasteiger partial charge >= 0.3 is 0 Å². The average Bonchev–Trinajstić information content (AvgIpc) is 3.17. The van der Waals surface area contributed by atoms with Crippen LogP contribution in [0.4, 0.5) is 5.69 Å². The maximum Gasteiger partial charge on any atom is 0.262 e. The minimum atomic E-state index is -0.301. The summed E-state index contributed by atoms with van der Waals surface area (Å²) in [5, 5.41) is 3.60. The summed E-state index contributed by atoms with van der Waals surface area (Å²) in [6, 6.07) is 22.3. The summed E-state index contributed by atoms with van der Waals surface area (Å²) in [7, 11) is 0. The highest BCUT2D eigenvalue weighted by molar-refractivity contribution is 7.21. The van der Waals surface area contributed by atoms with Gasteiger partial charge in [-0.1, -0.05) is 36.4 Å². The molecule has 0 spiro atoms. The number of ketones is 1. The number of thiazole rings is 1. The molecule has 4 aromatic rings. The zero-order valence-corrected chi connectivity index (χ0v) is 16.5. The van der Waals surface area contributed by atoms with E-state index in [2.05, 4.69) is 10.3 Å². The van der Waals surface area contributed by atoms with Gasteiger partial charge in [-0.2, -0.15) is 0 Å². The number of carbonyl (C=O) groups is 2. The number of Topliss-reactive ketones (excluding diaryl/α,β-unsaturated/α-hetero) is 1. The van der Waals surface area contributed by atoms with Crippen LogP contribution in [0.25, 0.3) is 20.8 Å². The second-order valence-corrected chi connectivity index (χ2v) is 7.49. The monoisotopic (exact) mass is 402 g/mol. The molecule has 0 saturated heterocycles. The zero-order valence-electron chi connectivity index (χ0n) is 15.7. The van der Waals surface area contributed by atoms with Gasteiger partial charge < -0.3 is 10.1 Å². The SMILES string of the molecule is CC(=O)c1cccc(NC(=O)COc2ccccc2-c2nc3ccccc3s2)c1. The van der Waals surface area contributed by atoms with Crippen molar-refractivity contribution in [1.29, 1.82) is 0 Å². The number of anilines is 1. The highest BCUT2D eigenvalue weighted by atomic mass is 32.1. The van der Waals surface area contributed by atoms with Crippen LogP contribution in [0, 0.1) is 0 Å². The Morgan fingerprint density at radius 1 is 1.00 bits per heavy atom. The second kappa shape index (κ2) is 8.24. The number of nitrogens with zero attached hydrogens (tertiary/aromatic N) is 1. The first-order valence-electron chi connectivity index (χ1n) is 9.09. The molecule has 0 bridgehead atoms. The smallest absolute Gasteiger partial charge is 0.262 e. The number of amides is 1. The molecule has 1 heterocycles. The Labute approximate surface area is 172 Å². The first kappa shape index (κ1) is 18.8. The summed E-state index contributed by atoms with van der Waals surface area (Å²) in [5.74, 6) is 0.242. The predicted octanol–water partition coefficient (Wildman–Crippen LogP) is 5.18. The lowest BCUT2D eigenvalue weighted by Crippen LogP contribution is -2.20. The Morgan fingerprint density at radius 2 is 1.79 bits per heavy atom. The number of rotatable bonds is 6. The van der Waals surface area contributed by atoms with E-state index in [1.54, 1.807) is 35.6 Å². The van der Waals surface area contributed by atoms with Crippen molar-refractivity contribution in [3.8, 4) is 16.3 Å². The van der Waals surface area contributed by atoms with Gasteiger partial charge in [0.1, 0.15) is 10.8 Å². The quantitative estimate of drug-likeness (QED) is 0.451. The molecule has 3 aromatic carbocycles. The molecule has 29 heavy (non-hydrogen) atoms. The summed E-state index contributed by atoms with van der Waals surface area (Å²) >= 11 is 1.58. The fourth-order valence-electron chi connectivity index (χ4n) is 2.91. The van der Waals surface area contributed by atoms with Crippen molar-refractivity contribution >= 4 is 38.9 Å². The molecule has 6 heteroatoms. The van der Waals surface area contributed by atoms with E-state index in [1.807, 2.05) is 48.5 Å². The molecule has 0 fully saturated rings. The minimum absolute atomic E-state index is 0.0536. The highest BCUT2D eigenvalue weighted by Crippen LogP contribution is 2.35. The maximum atomic E-state index is 12.3. The molecule has 4 rings (SSSR count). The lowest BCUT2D eigenvalue weighted by atomic mass is 10.1. The summed E-state index contributed by atoms with van der Waals surface area (Å²) in [5.41, 5.74) is 2.89. The average molecular weight is 402 g/mol. The molecule has 0 aliphatic heterocycles. The number of carbonyl (C=O) groups excluding carboxylic acids is 2. The van der Waals surface area contributed by atoms with Crippen molar-refractivity contribution in [2.75, 3.05) is 11.9 Å². The van der Waals surface area contributed by atoms with Crippen LogP contribution in [0.15, 0.2) is 72.8 Å². The van der Waals surface area contributed by atoms with Crippen LogP contribution in [-0.4, -0.2) is 23.3 Å². The Balaban J connectivity index is 1.48. The van der Waals surface area contributed by atoms with Crippen molar-refractivity contribution < 1.29 is 14.3 Å². The summed E-state index contributed by atoms with van der Waals surface area (Å²) < 4.78 is 6.88. The maximum absolute atomic E-state index is 12.3. The number of benzene rings is 3. The van der Waals surface area contributed by atoms with E-state index in [1.165, 1.54) is 6.92 Å². The molecule has 0 radical (unpaired) electrons. The molecular formula is C23H18N2O3S. The standard InChI is InChI=1S/C23H18N2O3S/c1-15(26)16-7-6-8-17(13-16)24-22(27)14-28-20-11-4-2-9-18(20)23-25-19-10-3-5-12-21(19)29-23/h2-13H,14H2,1H3,(H,24,27). The molecule has 0 saturated carbocycles. The number of fused-ring (bicyclic) bond motifs is 1. The fourth-order valence-corrected chi connectivity index (χ4v) is 3.91. The first-order valence-corrected chi connectivity index (χ1v) is 9.90.